The second-order valence-corrected chi connectivity index (χ2v) is 6.76. The number of nitrogens with one attached hydrogen (secondary N) is 1. The van der Waals surface area contributed by atoms with Crippen molar-refractivity contribution in [3.05, 3.63) is 53.6 Å². The smallest absolute Gasteiger partial charge is 0.266 e. The van der Waals surface area contributed by atoms with Gasteiger partial charge in [-0.15, -0.1) is 10.2 Å². The number of benzene rings is 2. The highest BCUT2D eigenvalue weighted by molar-refractivity contribution is 7.18. The lowest BCUT2D eigenvalue weighted by Gasteiger charge is -2.14. The number of aromatic nitrogens is 2. The SMILES string of the molecule is COc1cccc(O[C@H](C)C(=O)Nc2nnc(-c3ccc(Cl)cc3)s2)c1. The van der Waals surface area contributed by atoms with E-state index < -0.39 is 6.10 Å². The van der Waals surface area contributed by atoms with Crippen molar-refractivity contribution < 1.29 is 14.3 Å². The van der Waals surface area contributed by atoms with E-state index in [2.05, 4.69) is 15.5 Å². The van der Waals surface area contributed by atoms with Gasteiger partial charge in [-0.2, -0.15) is 0 Å². The summed E-state index contributed by atoms with van der Waals surface area (Å²) in [5, 5.41) is 12.5. The van der Waals surface area contributed by atoms with Gasteiger partial charge >= 0.3 is 0 Å². The molecule has 0 saturated heterocycles. The Kier molecular flexibility index (Phi) is 5.70. The lowest BCUT2D eigenvalue weighted by atomic mass is 10.2. The van der Waals surface area contributed by atoms with Gasteiger partial charge in [0.15, 0.2) is 6.10 Å². The predicted octanol–water partition coefficient (Wildman–Crippen LogP) is 4.27. The van der Waals surface area contributed by atoms with Crippen molar-refractivity contribution in [2.24, 2.45) is 0 Å². The maximum atomic E-state index is 12.3. The summed E-state index contributed by atoms with van der Waals surface area (Å²) in [7, 11) is 1.57. The molecule has 1 heterocycles. The van der Waals surface area contributed by atoms with E-state index in [-0.39, 0.29) is 5.91 Å². The van der Waals surface area contributed by atoms with E-state index in [1.807, 2.05) is 12.1 Å². The molecule has 26 heavy (non-hydrogen) atoms. The van der Waals surface area contributed by atoms with Crippen LogP contribution in [0.1, 0.15) is 6.92 Å². The molecule has 3 aromatic rings. The lowest BCUT2D eigenvalue weighted by molar-refractivity contribution is -0.122. The maximum absolute atomic E-state index is 12.3. The fourth-order valence-corrected chi connectivity index (χ4v) is 3.00. The summed E-state index contributed by atoms with van der Waals surface area (Å²) in [5.41, 5.74) is 0.882. The van der Waals surface area contributed by atoms with E-state index in [4.69, 9.17) is 21.1 Å². The molecule has 1 amide bonds. The van der Waals surface area contributed by atoms with Crippen molar-refractivity contribution in [1.29, 1.82) is 0 Å². The molecule has 0 spiro atoms. The molecule has 134 valence electrons. The maximum Gasteiger partial charge on any atom is 0.266 e. The van der Waals surface area contributed by atoms with E-state index >= 15 is 0 Å². The Morgan fingerprint density at radius 3 is 2.62 bits per heavy atom. The summed E-state index contributed by atoms with van der Waals surface area (Å²) < 4.78 is 10.8. The summed E-state index contributed by atoms with van der Waals surface area (Å²) in [4.78, 5) is 12.3. The van der Waals surface area contributed by atoms with Gasteiger partial charge in [-0.3, -0.25) is 10.1 Å². The van der Waals surface area contributed by atoms with Gasteiger partial charge in [0.25, 0.3) is 5.91 Å². The number of rotatable bonds is 6. The zero-order chi connectivity index (χ0) is 18.5. The third kappa shape index (κ3) is 4.50. The van der Waals surface area contributed by atoms with Crippen LogP contribution in [0.3, 0.4) is 0 Å². The fourth-order valence-electron chi connectivity index (χ4n) is 2.12. The first-order valence-corrected chi connectivity index (χ1v) is 8.95. The minimum absolute atomic E-state index is 0.313. The average Bonchev–Trinajstić information content (AvgIpc) is 3.11. The predicted molar refractivity (Wildman–Crippen MR) is 102 cm³/mol. The molecule has 3 rings (SSSR count). The molecule has 1 aromatic heterocycles. The van der Waals surface area contributed by atoms with Crippen molar-refractivity contribution in [3.63, 3.8) is 0 Å². The van der Waals surface area contributed by atoms with Crippen molar-refractivity contribution in [2.75, 3.05) is 12.4 Å². The molecule has 0 saturated carbocycles. The molecule has 0 aliphatic heterocycles. The first-order chi connectivity index (χ1) is 12.5. The fraction of sp³-hybridized carbons (Fsp3) is 0.167. The molecular formula is C18H16ClN3O3S. The molecule has 0 radical (unpaired) electrons. The van der Waals surface area contributed by atoms with E-state index in [9.17, 15) is 4.79 Å². The lowest BCUT2D eigenvalue weighted by Crippen LogP contribution is -2.30. The van der Waals surface area contributed by atoms with E-state index in [0.29, 0.717) is 26.7 Å². The Hall–Kier alpha value is -2.64. The number of ether oxygens (including phenoxy) is 2. The van der Waals surface area contributed by atoms with Crippen LogP contribution in [0.15, 0.2) is 48.5 Å². The Morgan fingerprint density at radius 2 is 1.88 bits per heavy atom. The van der Waals surface area contributed by atoms with E-state index in [0.717, 1.165) is 5.56 Å². The Balaban J connectivity index is 1.63. The monoisotopic (exact) mass is 389 g/mol. The van der Waals surface area contributed by atoms with Crippen molar-refractivity contribution in [2.45, 2.75) is 13.0 Å². The topological polar surface area (TPSA) is 73.3 Å². The average molecular weight is 390 g/mol. The van der Waals surface area contributed by atoms with Crippen LogP contribution in [0, 0.1) is 0 Å². The normalized spacial score (nSPS) is 11.7. The van der Waals surface area contributed by atoms with Gasteiger partial charge in [0.1, 0.15) is 16.5 Å². The third-order valence-electron chi connectivity index (χ3n) is 3.47. The summed E-state index contributed by atoms with van der Waals surface area (Å²) in [6.07, 6.45) is -0.704. The van der Waals surface area contributed by atoms with E-state index in [1.165, 1.54) is 11.3 Å². The second kappa shape index (κ2) is 8.16. The van der Waals surface area contributed by atoms with Crippen LogP contribution in [0.4, 0.5) is 5.13 Å². The van der Waals surface area contributed by atoms with Crippen LogP contribution >= 0.6 is 22.9 Å². The molecule has 0 aliphatic rings. The number of methoxy groups -OCH3 is 1. The van der Waals surface area contributed by atoms with Gasteiger partial charge in [0.05, 0.1) is 7.11 Å². The number of anilines is 1. The Labute approximate surface area is 159 Å². The Bertz CT molecular complexity index is 899. The van der Waals surface area contributed by atoms with Crippen LogP contribution < -0.4 is 14.8 Å². The first-order valence-electron chi connectivity index (χ1n) is 7.76. The molecule has 2 aromatic carbocycles. The molecule has 8 heteroatoms. The van der Waals surface area contributed by atoms with E-state index in [1.54, 1.807) is 50.4 Å². The number of hydrogen-bond acceptors (Lipinski definition) is 6. The summed E-state index contributed by atoms with van der Waals surface area (Å²) >= 11 is 7.16. The first kappa shape index (κ1) is 18.2. The second-order valence-electron chi connectivity index (χ2n) is 5.35. The van der Waals surface area contributed by atoms with Gasteiger partial charge in [-0.1, -0.05) is 41.1 Å². The quantitative estimate of drug-likeness (QED) is 0.681. The van der Waals surface area contributed by atoms with Gasteiger partial charge in [-0.05, 0) is 31.2 Å². The molecule has 1 N–H and O–H groups in total. The number of halogens is 1. The molecule has 1 atom stereocenters. The van der Waals surface area contributed by atoms with Gasteiger partial charge in [0, 0.05) is 16.7 Å². The molecular weight excluding hydrogens is 374 g/mol. The Morgan fingerprint density at radius 1 is 1.15 bits per heavy atom. The number of carbonyl (C=O) groups is 1. The third-order valence-corrected chi connectivity index (χ3v) is 4.61. The minimum Gasteiger partial charge on any atom is -0.497 e. The number of nitrogens with zero attached hydrogens (tertiary/aromatic N) is 2. The van der Waals surface area contributed by atoms with Crippen LogP contribution in [0.2, 0.25) is 5.02 Å². The van der Waals surface area contributed by atoms with Gasteiger partial charge < -0.3 is 9.47 Å². The van der Waals surface area contributed by atoms with Crippen LogP contribution in [-0.4, -0.2) is 29.3 Å². The molecule has 0 aliphatic carbocycles. The molecule has 6 nitrogen and oxygen atoms in total. The van der Waals surface area contributed by atoms with Gasteiger partial charge in [0.2, 0.25) is 5.13 Å². The molecule has 0 fully saturated rings. The van der Waals surface area contributed by atoms with Crippen LogP contribution in [-0.2, 0) is 4.79 Å². The van der Waals surface area contributed by atoms with Crippen LogP contribution in [0.5, 0.6) is 11.5 Å². The molecule has 0 bridgehead atoms. The van der Waals surface area contributed by atoms with Crippen LogP contribution in [0.25, 0.3) is 10.6 Å². The van der Waals surface area contributed by atoms with Gasteiger partial charge in [-0.25, -0.2) is 0 Å². The van der Waals surface area contributed by atoms with Crippen molar-refractivity contribution in [1.82, 2.24) is 10.2 Å². The number of carbonyl (C=O) groups excluding carboxylic acids is 1. The minimum atomic E-state index is -0.704. The highest BCUT2D eigenvalue weighted by Crippen LogP contribution is 2.27. The van der Waals surface area contributed by atoms with Crippen molar-refractivity contribution >= 4 is 34.0 Å². The summed E-state index contributed by atoms with van der Waals surface area (Å²) in [6.45, 7) is 1.66. The number of amides is 1. The number of hydrogen-bond donors (Lipinski definition) is 1. The summed E-state index contributed by atoms with van der Waals surface area (Å²) in [6, 6.07) is 14.3. The highest BCUT2D eigenvalue weighted by atomic mass is 35.5. The largest absolute Gasteiger partial charge is 0.497 e. The standard InChI is InChI=1S/C18H16ClN3O3S/c1-11(25-15-5-3-4-14(10-15)24-2)16(23)20-18-22-21-17(26-18)12-6-8-13(19)9-7-12/h3-11H,1-2H3,(H,20,22,23)/t11-/m1/s1. The molecule has 0 unspecified atom stereocenters. The zero-order valence-corrected chi connectivity index (χ0v) is 15.7. The summed E-state index contributed by atoms with van der Waals surface area (Å²) in [5.74, 6) is 0.893. The van der Waals surface area contributed by atoms with Crippen molar-refractivity contribution in [3.8, 4) is 22.1 Å². The zero-order valence-electron chi connectivity index (χ0n) is 14.1. The highest BCUT2D eigenvalue weighted by Gasteiger charge is 2.17.